The molecule has 6 N–H and O–H groups in total. The van der Waals surface area contributed by atoms with Crippen LogP contribution < -0.4 is 16.4 Å². The molecular weight excluding hydrogens is 458 g/mol. The van der Waals surface area contributed by atoms with E-state index in [1.807, 2.05) is 36.4 Å². The van der Waals surface area contributed by atoms with E-state index in [-0.39, 0.29) is 25.4 Å². The third kappa shape index (κ3) is 5.33. The van der Waals surface area contributed by atoms with Gasteiger partial charge in [-0.2, -0.15) is 0 Å². The Morgan fingerprint density at radius 1 is 0.750 bits per heavy atom. The SMILES string of the molecule is NCC(=O)NCC(=O)NCC(=O)c1c2nc(cc3ccc(cc4nc(cc5ccc1[nH]5)CC4)[nH]3)CC2. The Labute approximate surface area is 206 Å². The summed E-state index contributed by atoms with van der Waals surface area (Å²) >= 11 is 0. The molecule has 10 nitrogen and oxygen atoms in total. The maximum Gasteiger partial charge on any atom is 0.239 e. The summed E-state index contributed by atoms with van der Waals surface area (Å²) in [7, 11) is 0. The van der Waals surface area contributed by atoms with Gasteiger partial charge in [-0.3, -0.25) is 24.4 Å². The molecule has 0 spiro atoms. The van der Waals surface area contributed by atoms with Gasteiger partial charge in [0, 0.05) is 33.6 Å². The Balaban J connectivity index is 1.56. The molecule has 3 aromatic heterocycles. The van der Waals surface area contributed by atoms with E-state index < -0.39 is 11.8 Å². The maximum atomic E-state index is 13.3. The van der Waals surface area contributed by atoms with Crippen molar-refractivity contribution < 1.29 is 14.4 Å². The molecule has 2 aliphatic heterocycles. The van der Waals surface area contributed by atoms with E-state index >= 15 is 0 Å². The minimum absolute atomic E-state index is 0.209. The highest BCUT2D eigenvalue weighted by atomic mass is 16.2. The van der Waals surface area contributed by atoms with Gasteiger partial charge >= 0.3 is 0 Å². The number of carbonyl (C=O) groups excluding carboxylic acids is 3. The zero-order chi connectivity index (χ0) is 25.1. The van der Waals surface area contributed by atoms with Gasteiger partial charge in [0.25, 0.3) is 0 Å². The van der Waals surface area contributed by atoms with Crippen LogP contribution >= 0.6 is 0 Å². The van der Waals surface area contributed by atoms with E-state index in [0.29, 0.717) is 29.6 Å². The minimum atomic E-state index is -0.473. The molecule has 5 rings (SSSR count). The first-order valence-electron chi connectivity index (χ1n) is 11.9. The van der Waals surface area contributed by atoms with Gasteiger partial charge in [-0.05, 0) is 68.1 Å². The summed E-state index contributed by atoms with van der Waals surface area (Å²) in [6.07, 6.45) is 3.01. The topological polar surface area (TPSA) is 159 Å². The van der Waals surface area contributed by atoms with Crippen molar-refractivity contribution in [2.24, 2.45) is 5.73 Å². The number of hydrogen-bond acceptors (Lipinski definition) is 6. The molecule has 0 saturated heterocycles. The van der Waals surface area contributed by atoms with Gasteiger partial charge in [-0.15, -0.1) is 0 Å². The van der Waals surface area contributed by atoms with Crippen LogP contribution in [0.1, 0.15) is 33.1 Å². The van der Waals surface area contributed by atoms with E-state index in [0.717, 1.165) is 46.5 Å². The molecule has 3 aromatic rings. The molecule has 10 heteroatoms. The van der Waals surface area contributed by atoms with Gasteiger partial charge in [-0.25, -0.2) is 0 Å². The van der Waals surface area contributed by atoms with Crippen LogP contribution in [0.2, 0.25) is 0 Å². The quantitative estimate of drug-likeness (QED) is 0.331. The first-order chi connectivity index (χ1) is 17.5. The predicted octanol–water partition coefficient (Wildman–Crippen LogP) is 1.26. The summed E-state index contributed by atoms with van der Waals surface area (Å²) < 4.78 is 0. The zero-order valence-electron chi connectivity index (χ0n) is 19.7. The van der Waals surface area contributed by atoms with Crippen LogP contribution in [0.15, 0.2) is 42.5 Å². The summed E-state index contributed by atoms with van der Waals surface area (Å²) in [4.78, 5) is 52.9. The highest BCUT2D eigenvalue weighted by molar-refractivity contribution is 6.06. The highest BCUT2D eigenvalue weighted by Crippen LogP contribution is 2.21. The normalized spacial score (nSPS) is 12.8. The lowest BCUT2D eigenvalue weighted by molar-refractivity contribution is -0.125. The lowest BCUT2D eigenvalue weighted by Crippen LogP contribution is -2.41. The van der Waals surface area contributed by atoms with Gasteiger partial charge < -0.3 is 26.3 Å². The molecule has 8 bridgehead atoms. The number of carbonyl (C=O) groups is 3. The van der Waals surface area contributed by atoms with Crippen LogP contribution in [0.5, 0.6) is 0 Å². The number of H-pyrrole nitrogens is 2. The Morgan fingerprint density at radius 3 is 2.03 bits per heavy atom. The van der Waals surface area contributed by atoms with Gasteiger partial charge in [-0.1, -0.05) is 0 Å². The smallest absolute Gasteiger partial charge is 0.239 e. The Bertz CT molecular complexity index is 1500. The lowest BCUT2D eigenvalue weighted by atomic mass is 10.1. The molecular formula is C26H27N7O3. The van der Waals surface area contributed by atoms with E-state index in [4.69, 9.17) is 15.7 Å². The fourth-order valence-electron chi connectivity index (χ4n) is 4.40. The van der Waals surface area contributed by atoms with Crippen molar-refractivity contribution in [3.05, 3.63) is 70.8 Å². The van der Waals surface area contributed by atoms with Gasteiger partial charge in [0.15, 0.2) is 5.78 Å². The van der Waals surface area contributed by atoms with Crippen LogP contribution in [0, 0.1) is 0 Å². The molecule has 36 heavy (non-hydrogen) atoms. The van der Waals surface area contributed by atoms with Crippen LogP contribution in [-0.4, -0.2) is 57.2 Å². The van der Waals surface area contributed by atoms with E-state index in [2.05, 4.69) is 26.7 Å². The Kier molecular flexibility index (Phi) is 6.59. The molecule has 0 radical (unpaired) electrons. The number of Topliss-reactive ketones (excluding diaryl/α,β-unsaturated/α-hetero) is 1. The largest absolute Gasteiger partial charge is 0.355 e. The maximum absolute atomic E-state index is 13.3. The van der Waals surface area contributed by atoms with Crippen LogP contribution in [0.25, 0.3) is 22.1 Å². The van der Waals surface area contributed by atoms with E-state index in [1.165, 1.54) is 0 Å². The number of amides is 2. The number of fused-ring (bicyclic) bond motifs is 8. The zero-order valence-corrected chi connectivity index (χ0v) is 19.7. The van der Waals surface area contributed by atoms with Crippen molar-refractivity contribution in [3.63, 3.8) is 0 Å². The Morgan fingerprint density at radius 2 is 1.33 bits per heavy atom. The molecule has 0 aliphatic carbocycles. The molecule has 2 aliphatic rings. The second-order valence-corrected chi connectivity index (χ2v) is 8.83. The molecule has 184 valence electrons. The summed E-state index contributed by atoms with van der Waals surface area (Å²) in [5.41, 5.74) is 12.6. The lowest BCUT2D eigenvalue weighted by Gasteiger charge is -2.07. The molecule has 0 fully saturated rings. The molecule has 0 saturated carbocycles. The van der Waals surface area contributed by atoms with Crippen molar-refractivity contribution in [2.75, 3.05) is 19.6 Å². The average molecular weight is 486 g/mol. The number of nitrogens with zero attached hydrogens (tertiary/aromatic N) is 2. The minimum Gasteiger partial charge on any atom is -0.355 e. The molecule has 2 amide bonds. The summed E-state index contributed by atoms with van der Waals surface area (Å²) in [6.45, 7) is -0.672. The summed E-state index contributed by atoms with van der Waals surface area (Å²) in [5, 5.41) is 4.96. The standard InChI is InChI=1S/C26H27N7O3/c27-12-24(35)29-14-25(36)28-13-23(34)26-21-7-5-19(32-21)10-17-3-1-15(30-17)9-16-2-4-18(31-16)11-20-6-8-22(26)33-20/h1,3,6,8-11,30,33H,2,4-5,7,12-14,27H2,(H,28,36)(H,29,35). The summed E-state index contributed by atoms with van der Waals surface area (Å²) in [6, 6.07) is 13.8. The number of rotatable bonds is 6. The number of hydrogen-bond donors (Lipinski definition) is 5. The molecule has 0 unspecified atom stereocenters. The third-order valence-electron chi connectivity index (χ3n) is 6.14. The average Bonchev–Trinajstić information content (AvgIpc) is 3.67. The second kappa shape index (κ2) is 10.1. The number of aromatic amines is 2. The molecule has 5 heterocycles. The van der Waals surface area contributed by atoms with Crippen LogP contribution in [0.3, 0.4) is 0 Å². The van der Waals surface area contributed by atoms with Crippen LogP contribution in [-0.2, 0) is 35.3 Å². The number of nitrogens with two attached hydrogens (primary N) is 1. The van der Waals surface area contributed by atoms with Crippen molar-refractivity contribution in [1.29, 1.82) is 0 Å². The highest BCUT2D eigenvalue weighted by Gasteiger charge is 2.19. The fourth-order valence-corrected chi connectivity index (χ4v) is 4.40. The third-order valence-corrected chi connectivity index (χ3v) is 6.14. The van der Waals surface area contributed by atoms with E-state index in [1.54, 1.807) is 0 Å². The molecule has 0 atom stereocenters. The van der Waals surface area contributed by atoms with Gasteiger partial charge in [0.2, 0.25) is 11.8 Å². The first-order valence-corrected chi connectivity index (χ1v) is 11.9. The van der Waals surface area contributed by atoms with Gasteiger partial charge in [0.05, 0.1) is 36.4 Å². The number of aryl methyl sites for hydroxylation is 4. The Hall–Kier alpha value is -4.31. The van der Waals surface area contributed by atoms with Gasteiger partial charge in [0.1, 0.15) is 0 Å². The summed E-state index contributed by atoms with van der Waals surface area (Å²) in [5.74, 6) is -1.19. The van der Waals surface area contributed by atoms with Crippen molar-refractivity contribution in [1.82, 2.24) is 30.6 Å². The first kappa shape index (κ1) is 23.4. The van der Waals surface area contributed by atoms with Crippen molar-refractivity contribution in [3.8, 4) is 0 Å². The van der Waals surface area contributed by atoms with Crippen LogP contribution in [0.4, 0.5) is 0 Å². The second-order valence-electron chi connectivity index (χ2n) is 8.83. The number of aromatic nitrogens is 4. The number of ketones is 1. The number of nitrogens with one attached hydrogen (secondary N) is 4. The van der Waals surface area contributed by atoms with Crippen molar-refractivity contribution in [2.45, 2.75) is 25.7 Å². The predicted molar refractivity (Wildman–Crippen MR) is 135 cm³/mol. The monoisotopic (exact) mass is 485 g/mol. The fraction of sp³-hybridized carbons (Fsp3) is 0.269. The van der Waals surface area contributed by atoms with E-state index in [9.17, 15) is 14.4 Å². The van der Waals surface area contributed by atoms with Crippen molar-refractivity contribution >= 4 is 39.7 Å². The molecule has 0 aromatic carbocycles.